The van der Waals surface area contributed by atoms with Crippen molar-refractivity contribution in [2.24, 2.45) is 0 Å². The van der Waals surface area contributed by atoms with Gasteiger partial charge in [-0.1, -0.05) is 160 Å². The monoisotopic (exact) mass is 675 g/mol. The summed E-state index contributed by atoms with van der Waals surface area (Å²) >= 11 is 0. The maximum absolute atomic E-state index is 12.6. The normalized spacial score (nSPS) is 12.3. The molecule has 0 heterocycles. The van der Waals surface area contributed by atoms with E-state index in [1.54, 1.807) is 0 Å². The van der Waals surface area contributed by atoms with E-state index in [2.05, 4.69) is 57.2 Å². The number of ether oxygens (including phenoxy) is 3. The van der Waals surface area contributed by atoms with Gasteiger partial charge in [0.15, 0.2) is 6.10 Å². The third kappa shape index (κ3) is 35.0. The second-order valence-electron chi connectivity index (χ2n) is 13.2. The van der Waals surface area contributed by atoms with Crippen molar-refractivity contribution in [3.8, 4) is 0 Å². The zero-order valence-electron chi connectivity index (χ0n) is 31.5. The third-order valence-electron chi connectivity index (χ3n) is 8.41. The number of carbonyl (C=O) groups excluding carboxylic acids is 3. The van der Waals surface area contributed by atoms with E-state index in [1.165, 1.54) is 70.6 Å². The largest absolute Gasteiger partial charge is 0.462 e. The molecule has 0 aromatic carbocycles. The highest BCUT2D eigenvalue weighted by Gasteiger charge is 2.19. The van der Waals surface area contributed by atoms with Gasteiger partial charge >= 0.3 is 17.9 Å². The summed E-state index contributed by atoms with van der Waals surface area (Å²) in [5.74, 6) is -0.923. The number of carbonyl (C=O) groups is 3. The smallest absolute Gasteiger partial charge is 0.306 e. The molecule has 0 N–H and O–H groups in total. The molecule has 0 radical (unpaired) electrons. The van der Waals surface area contributed by atoms with Crippen molar-refractivity contribution in [1.29, 1.82) is 0 Å². The van der Waals surface area contributed by atoms with Gasteiger partial charge in [0, 0.05) is 19.3 Å². The van der Waals surface area contributed by atoms with Gasteiger partial charge in [0.1, 0.15) is 13.2 Å². The van der Waals surface area contributed by atoms with Crippen LogP contribution in [-0.2, 0) is 28.6 Å². The van der Waals surface area contributed by atoms with E-state index >= 15 is 0 Å². The Balaban J connectivity index is 4.38. The van der Waals surface area contributed by atoms with Gasteiger partial charge in [0.25, 0.3) is 0 Å². The van der Waals surface area contributed by atoms with Crippen LogP contribution < -0.4 is 0 Å². The highest BCUT2D eigenvalue weighted by Crippen LogP contribution is 2.13. The van der Waals surface area contributed by atoms with E-state index in [4.69, 9.17) is 14.2 Å². The van der Waals surface area contributed by atoms with Crippen molar-refractivity contribution in [1.82, 2.24) is 0 Å². The summed E-state index contributed by atoms with van der Waals surface area (Å²) in [6.45, 7) is 6.42. The fourth-order valence-corrected chi connectivity index (χ4v) is 5.40. The molecule has 0 aliphatic carbocycles. The predicted octanol–water partition coefficient (Wildman–Crippen LogP) is 12.2. The summed E-state index contributed by atoms with van der Waals surface area (Å²) in [6.07, 6.45) is 40.0. The van der Waals surface area contributed by atoms with E-state index in [0.717, 1.165) is 83.5 Å². The SMILES string of the molecule is CC/C=C\C/C=C\C/C=C\CCCCCC(=O)OCC(COC(=O)CCCCCCCCC)OC(=O)CCCCCCCCCCCC. The zero-order chi connectivity index (χ0) is 35.2. The molecule has 6 nitrogen and oxygen atoms in total. The first-order chi connectivity index (χ1) is 23.5. The van der Waals surface area contributed by atoms with Crippen LogP contribution in [0.4, 0.5) is 0 Å². The van der Waals surface area contributed by atoms with E-state index in [-0.39, 0.29) is 31.1 Å². The predicted molar refractivity (Wildman–Crippen MR) is 201 cm³/mol. The molecule has 0 aliphatic heterocycles. The van der Waals surface area contributed by atoms with Crippen LogP contribution >= 0.6 is 0 Å². The van der Waals surface area contributed by atoms with Gasteiger partial charge in [-0.25, -0.2) is 0 Å². The number of rotatable bonds is 35. The Morgan fingerprint density at radius 2 is 0.812 bits per heavy atom. The second kappa shape index (κ2) is 37.4. The summed E-state index contributed by atoms with van der Waals surface area (Å²) in [7, 11) is 0. The topological polar surface area (TPSA) is 78.9 Å². The molecule has 0 spiro atoms. The number of hydrogen-bond donors (Lipinski definition) is 0. The van der Waals surface area contributed by atoms with Gasteiger partial charge < -0.3 is 14.2 Å². The molecule has 1 unspecified atom stereocenters. The second-order valence-corrected chi connectivity index (χ2v) is 13.2. The van der Waals surface area contributed by atoms with E-state index in [9.17, 15) is 14.4 Å². The minimum Gasteiger partial charge on any atom is -0.462 e. The molecular formula is C42H74O6. The molecule has 48 heavy (non-hydrogen) atoms. The number of unbranched alkanes of at least 4 members (excludes halogenated alkanes) is 18. The van der Waals surface area contributed by atoms with E-state index < -0.39 is 6.10 Å². The van der Waals surface area contributed by atoms with Crippen LogP contribution in [0.1, 0.15) is 194 Å². The first kappa shape index (κ1) is 45.6. The Morgan fingerprint density at radius 3 is 1.27 bits per heavy atom. The summed E-state index contributed by atoms with van der Waals surface area (Å²) in [5.41, 5.74) is 0. The third-order valence-corrected chi connectivity index (χ3v) is 8.41. The first-order valence-electron chi connectivity index (χ1n) is 20.0. The lowest BCUT2D eigenvalue weighted by atomic mass is 10.1. The maximum atomic E-state index is 12.6. The summed E-state index contributed by atoms with van der Waals surface area (Å²) in [4.78, 5) is 37.4. The van der Waals surface area contributed by atoms with Gasteiger partial charge in [-0.15, -0.1) is 0 Å². The average molecular weight is 675 g/mol. The van der Waals surface area contributed by atoms with Gasteiger partial charge in [0.2, 0.25) is 0 Å². The average Bonchev–Trinajstić information content (AvgIpc) is 3.08. The Hall–Kier alpha value is -2.37. The van der Waals surface area contributed by atoms with Crippen LogP contribution in [0.5, 0.6) is 0 Å². The Kier molecular flexibility index (Phi) is 35.6. The number of esters is 3. The molecule has 0 fully saturated rings. The fourth-order valence-electron chi connectivity index (χ4n) is 5.40. The van der Waals surface area contributed by atoms with Crippen LogP contribution in [0.15, 0.2) is 36.5 Å². The number of allylic oxidation sites excluding steroid dienone is 6. The lowest BCUT2D eigenvalue weighted by Crippen LogP contribution is -2.30. The van der Waals surface area contributed by atoms with Crippen LogP contribution in [-0.4, -0.2) is 37.2 Å². The van der Waals surface area contributed by atoms with E-state index in [1.807, 2.05) is 0 Å². The summed E-state index contributed by atoms with van der Waals surface area (Å²) in [5, 5.41) is 0. The lowest BCUT2D eigenvalue weighted by molar-refractivity contribution is -0.167. The Labute approximate surface area is 295 Å². The lowest BCUT2D eigenvalue weighted by Gasteiger charge is -2.18. The quantitative estimate of drug-likeness (QED) is 0.0288. The molecule has 0 aromatic rings. The first-order valence-corrected chi connectivity index (χ1v) is 20.0. The van der Waals surface area contributed by atoms with Crippen molar-refractivity contribution < 1.29 is 28.6 Å². The summed E-state index contributed by atoms with van der Waals surface area (Å²) < 4.78 is 16.5. The Morgan fingerprint density at radius 1 is 0.438 bits per heavy atom. The molecule has 0 saturated carbocycles. The molecular weight excluding hydrogens is 600 g/mol. The number of hydrogen-bond acceptors (Lipinski definition) is 6. The minimum absolute atomic E-state index is 0.0800. The van der Waals surface area contributed by atoms with Crippen molar-refractivity contribution in [2.45, 2.75) is 200 Å². The molecule has 278 valence electrons. The van der Waals surface area contributed by atoms with Crippen molar-refractivity contribution in [2.75, 3.05) is 13.2 Å². The highest BCUT2D eigenvalue weighted by molar-refractivity contribution is 5.71. The van der Waals surface area contributed by atoms with Crippen LogP contribution in [0, 0.1) is 0 Å². The molecule has 0 amide bonds. The van der Waals surface area contributed by atoms with Crippen molar-refractivity contribution >= 4 is 17.9 Å². The fraction of sp³-hybridized carbons (Fsp3) is 0.786. The Bertz CT molecular complexity index is 830. The molecule has 0 aromatic heterocycles. The van der Waals surface area contributed by atoms with Crippen LogP contribution in [0.3, 0.4) is 0 Å². The molecule has 0 aliphatic rings. The van der Waals surface area contributed by atoms with Crippen molar-refractivity contribution in [3.05, 3.63) is 36.5 Å². The molecule has 1 atom stereocenters. The minimum atomic E-state index is -0.774. The maximum Gasteiger partial charge on any atom is 0.306 e. The van der Waals surface area contributed by atoms with Gasteiger partial charge in [-0.2, -0.15) is 0 Å². The molecule has 0 saturated heterocycles. The zero-order valence-corrected chi connectivity index (χ0v) is 31.5. The summed E-state index contributed by atoms with van der Waals surface area (Å²) in [6, 6.07) is 0. The van der Waals surface area contributed by atoms with Crippen LogP contribution in [0.2, 0.25) is 0 Å². The highest BCUT2D eigenvalue weighted by atomic mass is 16.6. The van der Waals surface area contributed by atoms with Gasteiger partial charge in [-0.3, -0.25) is 14.4 Å². The molecule has 0 rings (SSSR count). The van der Waals surface area contributed by atoms with Crippen LogP contribution in [0.25, 0.3) is 0 Å². The standard InChI is InChI=1S/C42H74O6/c1-4-7-10-13-16-18-20-21-22-24-26-29-32-35-41(44)47-38-39(37-46-40(43)34-31-28-25-15-12-9-6-3)48-42(45)36-33-30-27-23-19-17-14-11-8-5-2/h7,10,16,18,21-22,39H,4-6,8-9,11-15,17,19-20,23-38H2,1-3H3/b10-7-,18-16-,22-21-. The van der Waals surface area contributed by atoms with Crippen molar-refractivity contribution in [3.63, 3.8) is 0 Å². The van der Waals surface area contributed by atoms with Gasteiger partial charge in [0.05, 0.1) is 0 Å². The molecule has 0 bridgehead atoms. The van der Waals surface area contributed by atoms with Gasteiger partial charge in [-0.05, 0) is 51.4 Å². The van der Waals surface area contributed by atoms with E-state index in [0.29, 0.717) is 19.3 Å². The molecule has 6 heteroatoms.